The van der Waals surface area contributed by atoms with Crippen LogP contribution < -0.4 is 5.73 Å². The van der Waals surface area contributed by atoms with Crippen molar-refractivity contribution in [3.8, 4) is 11.5 Å². The minimum absolute atomic E-state index is 0.312. The Kier molecular flexibility index (Phi) is 3.43. The van der Waals surface area contributed by atoms with Gasteiger partial charge in [0.15, 0.2) is 0 Å². The number of amides is 1. The highest BCUT2D eigenvalue weighted by Gasteiger charge is 2.12. The summed E-state index contributed by atoms with van der Waals surface area (Å²) in [5.74, 6) is 0.908. The summed E-state index contributed by atoms with van der Waals surface area (Å²) < 4.78 is 5.51. The van der Waals surface area contributed by atoms with E-state index < -0.39 is 0 Å². The summed E-state index contributed by atoms with van der Waals surface area (Å²) in [6, 6.07) is 5.72. The Morgan fingerprint density at radius 3 is 2.90 bits per heavy atom. The van der Waals surface area contributed by atoms with Crippen molar-refractivity contribution in [3.05, 3.63) is 40.9 Å². The summed E-state index contributed by atoms with van der Waals surface area (Å²) in [7, 11) is 0. The van der Waals surface area contributed by atoms with Gasteiger partial charge in [0.05, 0.1) is 16.8 Å². The fraction of sp³-hybridized carbons (Fsp3) is 0.200. The highest BCUT2D eigenvalue weighted by atomic mass is 35.5. The van der Waals surface area contributed by atoms with Crippen LogP contribution in [0.2, 0.25) is 5.02 Å². The first-order valence-corrected chi connectivity index (χ1v) is 6.93. The molecule has 1 amide bonds. The summed E-state index contributed by atoms with van der Waals surface area (Å²) in [6.45, 7) is 1.83. The van der Waals surface area contributed by atoms with Crippen LogP contribution in [0.1, 0.15) is 17.9 Å². The van der Waals surface area contributed by atoms with Crippen LogP contribution in [0.3, 0.4) is 0 Å². The standard InChI is InChI=1S/C15H14ClN3O2/c1-8-7-18-15(21-8)11-6-13-9(5-12(11)16)4-10(19-13)2-3-14(17)20/h4-7,19H,2-3H2,1H3,(H2,17,20). The summed E-state index contributed by atoms with van der Waals surface area (Å²) in [6.07, 6.45) is 2.55. The van der Waals surface area contributed by atoms with Crippen molar-refractivity contribution in [2.75, 3.05) is 0 Å². The predicted octanol–water partition coefficient (Wildman–Crippen LogP) is 3.20. The van der Waals surface area contributed by atoms with Gasteiger partial charge in [-0.3, -0.25) is 4.79 Å². The molecule has 3 N–H and O–H groups in total. The number of aromatic nitrogens is 2. The van der Waals surface area contributed by atoms with Crippen LogP contribution in [0.15, 0.2) is 28.8 Å². The molecule has 0 spiro atoms. The van der Waals surface area contributed by atoms with Crippen LogP contribution in [0.4, 0.5) is 0 Å². The number of halogens is 1. The molecule has 0 unspecified atom stereocenters. The minimum Gasteiger partial charge on any atom is -0.441 e. The highest BCUT2D eigenvalue weighted by Crippen LogP contribution is 2.32. The number of oxazole rings is 1. The molecule has 1 aromatic carbocycles. The van der Waals surface area contributed by atoms with Gasteiger partial charge in [-0.2, -0.15) is 0 Å². The van der Waals surface area contributed by atoms with E-state index in [1.165, 1.54) is 0 Å². The number of aromatic amines is 1. The van der Waals surface area contributed by atoms with Crippen LogP contribution >= 0.6 is 11.6 Å². The van der Waals surface area contributed by atoms with Crippen LogP contribution in [0, 0.1) is 6.92 Å². The molecule has 0 saturated heterocycles. The SMILES string of the molecule is Cc1cnc(-c2cc3[nH]c(CCC(N)=O)cc3cc2Cl)o1. The third-order valence-corrected chi connectivity index (χ3v) is 3.57. The molecule has 0 aliphatic carbocycles. The number of aryl methyl sites for hydroxylation is 2. The number of benzene rings is 1. The number of hydrogen-bond acceptors (Lipinski definition) is 3. The maximum Gasteiger partial charge on any atom is 0.227 e. The van der Waals surface area contributed by atoms with Crippen LogP contribution in [0.25, 0.3) is 22.4 Å². The van der Waals surface area contributed by atoms with Gasteiger partial charge in [0.2, 0.25) is 11.8 Å². The topological polar surface area (TPSA) is 84.9 Å². The summed E-state index contributed by atoms with van der Waals surface area (Å²) >= 11 is 6.30. The average molecular weight is 304 g/mol. The molecule has 0 saturated carbocycles. The molecule has 0 fully saturated rings. The van der Waals surface area contributed by atoms with Gasteiger partial charge >= 0.3 is 0 Å². The zero-order chi connectivity index (χ0) is 15.0. The fourth-order valence-electron chi connectivity index (χ4n) is 2.25. The second-order valence-electron chi connectivity index (χ2n) is 4.96. The third-order valence-electron chi connectivity index (χ3n) is 3.26. The van der Waals surface area contributed by atoms with Crippen molar-refractivity contribution in [3.63, 3.8) is 0 Å². The minimum atomic E-state index is -0.317. The number of fused-ring (bicyclic) bond motifs is 1. The van der Waals surface area contributed by atoms with Gasteiger partial charge in [-0.15, -0.1) is 0 Å². The first kappa shape index (κ1) is 13.7. The fourth-order valence-corrected chi connectivity index (χ4v) is 2.50. The van der Waals surface area contributed by atoms with Gasteiger partial charge in [0.25, 0.3) is 0 Å². The molecule has 2 aromatic heterocycles. The molecule has 0 atom stereocenters. The molecule has 0 aliphatic rings. The molecule has 0 bridgehead atoms. The second kappa shape index (κ2) is 5.26. The van der Waals surface area contributed by atoms with Crippen molar-refractivity contribution in [2.24, 2.45) is 5.73 Å². The van der Waals surface area contributed by atoms with Gasteiger partial charge in [0.1, 0.15) is 5.76 Å². The number of H-pyrrole nitrogens is 1. The first-order valence-electron chi connectivity index (χ1n) is 6.55. The molecular formula is C15H14ClN3O2. The van der Waals surface area contributed by atoms with E-state index in [-0.39, 0.29) is 5.91 Å². The zero-order valence-corrected chi connectivity index (χ0v) is 12.2. The number of primary amides is 1. The molecule has 0 radical (unpaired) electrons. The summed E-state index contributed by atoms with van der Waals surface area (Å²) in [5.41, 5.74) is 7.77. The Bertz CT molecular complexity index is 820. The molecule has 3 rings (SSSR count). The van der Waals surface area contributed by atoms with Crippen LogP contribution in [-0.4, -0.2) is 15.9 Å². The number of carbonyl (C=O) groups is 1. The number of carbonyl (C=O) groups excluding carboxylic acids is 1. The largest absolute Gasteiger partial charge is 0.441 e. The van der Waals surface area contributed by atoms with Gasteiger partial charge < -0.3 is 15.1 Å². The van der Waals surface area contributed by atoms with Crippen LogP contribution in [0.5, 0.6) is 0 Å². The second-order valence-corrected chi connectivity index (χ2v) is 5.36. The maximum atomic E-state index is 10.8. The summed E-state index contributed by atoms with van der Waals surface area (Å²) in [4.78, 5) is 18.3. The summed E-state index contributed by atoms with van der Waals surface area (Å²) in [5, 5.41) is 1.55. The van der Waals surface area contributed by atoms with Crippen molar-refractivity contribution >= 4 is 28.4 Å². The van der Waals surface area contributed by atoms with E-state index in [2.05, 4.69) is 9.97 Å². The monoisotopic (exact) mass is 303 g/mol. The normalized spacial score (nSPS) is 11.1. The molecular weight excluding hydrogens is 290 g/mol. The van der Waals surface area contributed by atoms with Gasteiger partial charge in [-0.1, -0.05) is 11.6 Å². The number of hydrogen-bond donors (Lipinski definition) is 2. The van der Waals surface area contributed by atoms with E-state index in [0.29, 0.717) is 23.8 Å². The van der Waals surface area contributed by atoms with E-state index in [9.17, 15) is 4.79 Å². The first-order chi connectivity index (χ1) is 10.0. The van der Waals surface area contributed by atoms with E-state index in [1.807, 2.05) is 25.1 Å². The molecule has 21 heavy (non-hydrogen) atoms. The van der Waals surface area contributed by atoms with E-state index >= 15 is 0 Å². The van der Waals surface area contributed by atoms with Crippen molar-refractivity contribution in [1.82, 2.24) is 9.97 Å². The Balaban J connectivity index is 2.00. The van der Waals surface area contributed by atoms with Gasteiger partial charge in [-0.05, 0) is 31.5 Å². The highest BCUT2D eigenvalue weighted by molar-refractivity contribution is 6.34. The molecule has 0 aliphatic heterocycles. The molecule has 5 nitrogen and oxygen atoms in total. The molecule has 2 heterocycles. The number of nitrogens with zero attached hydrogens (tertiary/aromatic N) is 1. The van der Waals surface area contributed by atoms with Gasteiger partial charge in [0, 0.05) is 23.0 Å². The lowest BCUT2D eigenvalue weighted by Crippen LogP contribution is -2.11. The predicted molar refractivity (Wildman–Crippen MR) is 81.1 cm³/mol. The molecule has 3 aromatic rings. The quantitative estimate of drug-likeness (QED) is 0.776. The van der Waals surface area contributed by atoms with Crippen molar-refractivity contribution < 1.29 is 9.21 Å². The Labute approximate surface area is 126 Å². The van der Waals surface area contributed by atoms with Crippen molar-refractivity contribution in [1.29, 1.82) is 0 Å². The lowest BCUT2D eigenvalue weighted by molar-refractivity contribution is -0.118. The molecule has 6 heteroatoms. The molecule has 108 valence electrons. The zero-order valence-electron chi connectivity index (χ0n) is 11.4. The smallest absolute Gasteiger partial charge is 0.227 e. The number of nitrogens with one attached hydrogen (secondary N) is 1. The Morgan fingerprint density at radius 1 is 1.43 bits per heavy atom. The van der Waals surface area contributed by atoms with E-state index in [1.54, 1.807) is 6.20 Å². The van der Waals surface area contributed by atoms with Gasteiger partial charge in [-0.25, -0.2) is 4.98 Å². The lowest BCUT2D eigenvalue weighted by atomic mass is 10.1. The Hall–Kier alpha value is -2.27. The Morgan fingerprint density at radius 2 is 2.24 bits per heavy atom. The average Bonchev–Trinajstić information content (AvgIpc) is 3.01. The van der Waals surface area contributed by atoms with Crippen LogP contribution in [-0.2, 0) is 11.2 Å². The third kappa shape index (κ3) is 2.78. The number of rotatable bonds is 4. The number of nitrogens with two attached hydrogens (primary N) is 1. The van der Waals surface area contributed by atoms with E-state index in [4.69, 9.17) is 21.8 Å². The van der Waals surface area contributed by atoms with E-state index in [0.717, 1.165) is 27.9 Å². The maximum absolute atomic E-state index is 10.8. The van der Waals surface area contributed by atoms with Crippen molar-refractivity contribution in [2.45, 2.75) is 19.8 Å². The lowest BCUT2D eigenvalue weighted by Gasteiger charge is -2.00.